The fourth-order valence-electron chi connectivity index (χ4n) is 3.37. The predicted molar refractivity (Wildman–Crippen MR) is 93.1 cm³/mol. The number of halogens is 1. The van der Waals surface area contributed by atoms with E-state index in [0.717, 1.165) is 24.3 Å². The van der Waals surface area contributed by atoms with Crippen molar-refractivity contribution in [2.45, 2.75) is 31.6 Å². The van der Waals surface area contributed by atoms with Gasteiger partial charge < -0.3 is 9.47 Å². The van der Waals surface area contributed by atoms with Crippen molar-refractivity contribution in [3.05, 3.63) is 57.6 Å². The van der Waals surface area contributed by atoms with Crippen LogP contribution in [0, 0.1) is 0 Å². The SMILES string of the molecule is COc1cc2c(cc1OC)C(Cc1ccccc1Br)CCC2. The Bertz CT molecular complexity index is 666. The fourth-order valence-corrected chi connectivity index (χ4v) is 3.82. The van der Waals surface area contributed by atoms with Gasteiger partial charge in [0.05, 0.1) is 14.2 Å². The third-order valence-corrected chi connectivity index (χ3v) is 5.28. The first-order chi connectivity index (χ1) is 10.7. The summed E-state index contributed by atoms with van der Waals surface area (Å²) in [6.45, 7) is 0. The molecule has 2 aromatic rings. The van der Waals surface area contributed by atoms with Gasteiger partial charge in [0.15, 0.2) is 11.5 Å². The van der Waals surface area contributed by atoms with Crippen LogP contribution in [0.15, 0.2) is 40.9 Å². The van der Waals surface area contributed by atoms with E-state index in [1.165, 1.54) is 34.0 Å². The minimum atomic E-state index is 0.544. The number of hydrogen-bond acceptors (Lipinski definition) is 2. The van der Waals surface area contributed by atoms with Crippen LogP contribution >= 0.6 is 15.9 Å². The first kappa shape index (κ1) is 15.4. The summed E-state index contributed by atoms with van der Waals surface area (Å²) in [6, 6.07) is 12.8. The predicted octanol–water partition coefficient (Wildman–Crippen LogP) is 5.13. The van der Waals surface area contributed by atoms with E-state index >= 15 is 0 Å². The lowest BCUT2D eigenvalue weighted by molar-refractivity contribution is 0.352. The molecule has 0 aliphatic heterocycles. The maximum absolute atomic E-state index is 5.49. The van der Waals surface area contributed by atoms with Gasteiger partial charge in [-0.2, -0.15) is 0 Å². The second kappa shape index (κ2) is 6.74. The number of aryl methyl sites for hydroxylation is 1. The third kappa shape index (κ3) is 3.00. The summed E-state index contributed by atoms with van der Waals surface area (Å²) in [6.07, 6.45) is 4.65. The number of benzene rings is 2. The molecule has 0 spiro atoms. The topological polar surface area (TPSA) is 18.5 Å². The van der Waals surface area contributed by atoms with Crippen LogP contribution in [0.5, 0.6) is 11.5 Å². The van der Waals surface area contributed by atoms with Gasteiger partial charge >= 0.3 is 0 Å². The van der Waals surface area contributed by atoms with Crippen LogP contribution in [0.3, 0.4) is 0 Å². The molecule has 0 bridgehead atoms. The summed E-state index contributed by atoms with van der Waals surface area (Å²) in [5.41, 5.74) is 4.19. The Morgan fingerprint density at radius 3 is 2.55 bits per heavy atom. The number of hydrogen-bond donors (Lipinski definition) is 0. The zero-order valence-corrected chi connectivity index (χ0v) is 14.7. The summed E-state index contributed by atoms with van der Waals surface area (Å²) in [4.78, 5) is 0. The van der Waals surface area contributed by atoms with Crippen LogP contribution in [-0.4, -0.2) is 14.2 Å². The Balaban J connectivity index is 1.95. The van der Waals surface area contributed by atoms with Gasteiger partial charge in [-0.1, -0.05) is 34.1 Å². The Hall–Kier alpha value is -1.48. The van der Waals surface area contributed by atoms with E-state index in [0.29, 0.717) is 5.92 Å². The smallest absolute Gasteiger partial charge is 0.161 e. The molecule has 0 radical (unpaired) electrons. The van der Waals surface area contributed by atoms with E-state index in [9.17, 15) is 0 Å². The summed E-state index contributed by atoms with van der Waals surface area (Å²) in [5.74, 6) is 2.21. The average Bonchev–Trinajstić information content (AvgIpc) is 2.56. The first-order valence-electron chi connectivity index (χ1n) is 7.71. The van der Waals surface area contributed by atoms with Gasteiger partial charge in [-0.15, -0.1) is 0 Å². The molecule has 0 saturated carbocycles. The van der Waals surface area contributed by atoms with Crippen LogP contribution in [0.2, 0.25) is 0 Å². The number of rotatable bonds is 4. The minimum Gasteiger partial charge on any atom is -0.493 e. The summed E-state index contributed by atoms with van der Waals surface area (Å²) < 4.78 is 12.1. The highest BCUT2D eigenvalue weighted by Crippen LogP contribution is 2.41. The average molecular weight is 361 g/mol. The molecule has 1 aliphatic carbocycles. The maximum atomic E-state index is 5.49. The van der Waals surface area contributed by atoms with Crippen LogP contribution in [-0.2, 0) is 12.8 Å². The van der Waals surface area contributed by atoms with Crippen LogP contribution < -0.4 is 9.47 Å². The summed E-state index contributed by atoms with van der Waals surface area (Å²) in [7, 11) is 3.40. The first-order valence-corrected chi connectivity index (χ1v) is 8.50. The van der Waals surface area contributed by atoms with Crippen molar-refractivity contribution in [2.24, 2.45) is 0 Å². The van der Waals surface area contributed by atoms with Gasteiger partial charge in [0.1, 0.15) is 0 Å². The highest BCUT2D eigenvalue weighted by Gasteiger charge is 2.23. The van der Waals surface area contributed by atoms with Gasteiger partial charge in [0, 0.05) is 4.47 Å². The van der Waals surface area contributed by atoms with E-state index in [4.69, 9.17) is 9.47 Å². The molecule has 0 heterocycles. The van der Waals surface area contributed by atoms with Crippen molar-refractivity contribution in [3.63, 3.8) is 0 Å². The Morgan fingerprint density at radius 1 is 1.09 bits per heavy atom. The normalized spacial score (nSPS) is 17.0. The molecule has 0 N–H and O–H groups in total. The van der Waals surface area contributed by atoms with Gasteiger partial charge in [-0.3, -0.25) is 0 Å². The van der Waals surface area contributed by atoms with Gasteiger partial charge in [-0.05, 0) is 66.5 Å². The second-order valence-electron chi connectivity index (χ2n) is 5.79. The number of ether oxygens (including phenoxy) is 2. The lowest BCUT2D eigenvalue weighted by Crippen LogP contribution is -2.13. The van der Waals surface area contributed by atoms with Gasteiger partial charge in [0.2, 0.25) is 0 Å². The highest BCUT2D eigenvalue weighted by atomic mass is 79.9. The molecule has 1 unspecified atom stereocenters. The standard InChI is InChI=1S/C19H21BrO2/c1-21-18-11-14-8-5-7-13(16(14)12-19(18)22-2)10-15-6-3-4-9-17(15)20/h3-4,6,9,11-13H,5,7-8,10H2,1-2H3. The Morgan fingerprint density at radius 2 is 1.82 bits per heavy atom. The zero-order valence-electron chi connectivity index (χ0n) is 13.1. The molecule has 1 aliphatic rings. The van der Waals surface area contributed by atoms with Gasteiger partial charge in [-0.25, -0.2) is 0 Å². The molecular formula is C19H21BrO2. The zero-order chi connectivity index (χ0) is 15.5. The molecular weight excluding hydrogens is 340 g/mol. The Kier molecular flexibility index (Phi) is 4.72. The van der Waals surface area contributed by atoms with Crippen molar-refractivity contribution in [2.75, 3.05) is 14.2 Å². The summed E-state index contributed by atoms with van der Waals surface area (Å²) in [5, 5.41) is 0. The maximum Gasteiger partial charge on any atom is 0.161 e. The second-order valence-corrected chi connectivity index (χ2v) is 6.65. The molecule has 2 nitrogen and oxygen atoms in total. The molecule has 3 rings (SSSR count). The van der Waals surface area contributed by atoms with Crippen molar-refractivity contribution >= 4 is 15.9 Å². The molecule has 0 aromatic heterocycles. The highest BCUT2D eigenvalue weighted by molar-refractivity contribution is 9.10. The molecule has 116 valence electrons. The molecule has 0 saturated heterocycles. The van der Waals surface area contributed by atoms with Crippen molar-refractivity contribution in [3.8, 4) is 11.5 Å². The minimum absolute atomic E-state index is 0.544. The van der Waals surface area contributed by atoms with Crippen LogP contribution in [0.1, 0.15) is 35.4 Å². The quantitative estimate of drug-likeness (QED) is 0.752. The fraction of sp³-hybridized carbons (Fsp3) is 0.368. The van der Waals surface area contributed by atoms with Crippen molar-refractivity contribution in [1.29, 1.82) is 0 Å². The third-order valence-electron chi connectivity index (χ3n) is 4.51. The Labute approximate surface area is 140 Å². The van der Waals surface area contributed by atoms with Crippen molar-refractivity contribution < 1.29 is 9.47 Å². The van der Waals surface area contributed by atoms with Crippen LogP contribution in [0.4, 0.5) is 0 Å². The lowest BCUT2D eigenvalue weighted by Gasteiger charge is -2.27. The number of fused-ring (bicyclic) bond motifs is 1. The molecule has 0 fully saturated rings. The van der Waals surface area contributed by atoms with Crippen molar-refractivity contribution in [1.82, 2.24) is 0 Å². The largest absolute Gasteiger partial charge is 0.493 e. The van der Waals surface area contributed by atoms with E-state index in [1.807, 2.05) is 0 Å². The van der Waals surface area contributed by atoms with E-state index < -0.39 is 0 Å². The van der Waals surface area contributed by atoms with Crippen LogP contribution in [0.25, 0.3) is 0 Å². The molecule has 2 aromatic carbocycles. The lowest BCUT2D eigenvalue weighted by atomic mass is 9.79. The molecule has 0 amide bonds. The molecule has 1 atom stereocenters. The monoisotopic (exact) mass is 360 g/mol. The summed E-state index contributed by atoms with van der Waals surface area (Å²) >= 11 is 3.67. The molecule has 22 heavy (non-hydrogen) atoms. The molecule has 3 heteroatoms. The van der Waals surface area contributed by atoms with E-state index in [2.05, 4.69) is 52.3 Å². The van der Waals surface area contributed by atoms with E-state index in [-0.39, 0.29) is 0 Å². The van der Waals surface area contributed by atoms with E-state index in [1.54, 1.807) is 14.2 Å². The van der Waals surface area contributed by atoms with Gasteiger partial charge in [0.25, 0.3) is 0 Å². The number of methoxy groups -OCH3 is 2.